The number of carbonyl (C=O) groups excluding carboxylic acids is 1. The molecule has 0 aromatic rings. The van der Waals surface area contributed by atoms with Crippen LogP contribution in [0.25, 0.3) is 0 Å². The smallest absolute Gasteiger partial charge is 0.309 e. The van der Waals surface area contributed by atoms with Crippen LogP contribution in [0.3, 0.4) is 0 Å². The third-order valence-corrected chi connectivity index (χ3v) is 6.10. The predicted molar refractivity (Wildman–Crippen MR) is 69.2 cm³/mol. The third-order valence-electron chi connectivity index (χ3n) is 6.10. The van der Waals surface area contributed by atoms with Crippen LogP contribution in [0, 0.1) is 23.2 Å². The Kier molecular flexibility index (Phi) is 2.78. The van der Waals surface area contributed by atoms with Crippen LogP contribution in [0.1, 0.15) is 46.5 Å². The van der Waals surface area contributed by atoms with Crippen LogP contribution in [-0.4, -0.2) is 34.0 Å². The van der Waals surface area contributed by atoms with Crippen molar-refractivity contribution in [1.82, 2.24) is 0 Å². The highest BCUT2D eigenvalue weighted by Crippen LogP contribution is 2.58. The maximum absolute atomic E-state index is 11.8. The third kappa shape index (κ3) is 1.69. The Morgan fingerprint density at radius 2 is 1.95 bits per heavy atom. The SMILES string of the molecule is C[C@H]1C(=O)O[C@@H]2[C@H]1CC[C@@]1(C)[C@H](O)CC[C@](C)(O)[C@H]21. The summed E-state index contributed by atoms with van der Waals surface area (Å²) in [4.78, 5) is 11.8. The van der Waals surface area contributed by atoms with Crippen molar-refractivity contribution in [2.75, 3.05) is 0 Å². The lowest BCUT2D eigenvalue weighted by molar-refractivity contribution is -0.212. The van der Waals surface area contributed by atoms with E-state index in [1.807, 2.05) is 20.8 Å². The van der Waals surface area contributed by atoms with E-state index in [4.69, 9.17) is 4.74 Å². The van der Waals surface area contributed by atoms with Crippen molar-refractivity contribution in [2.24, 2.45) is 23.2 Å². The summed E-state index contributed by atoms with van der Waals surface area (Å²) in [7, 11) is 0. The molecule has 19 heavy (non-hydrogen) atoms. The van der Waals surface area contributed by atoms with Gasteiger partial charge in [0.1, 0.15) is 6.10 Å². The van der Waals surface area contributed by atoms with Crippen LogP contribution < -0.4 is 0 Å². The van der Waals surface area contributed by atoms with Crippen LogP contribution in [0.4, 0.5) is 0 Å². The summed E-state index contributed by atoms with van der Waals surface area (Å²) in [6, 6.07) is 0. The van der Waals surface area contributed by atoms with Crippen LogP contribution in [0.5, 0.6) is 0 Å². The van der Waals surface area contributed by atoms with E-state index in [2.05, 4.69) is 0 Å². The molecule has 0 amide bonds. The van der Waals surface area contributed by atoms with E-state index in [1.165, 1.54) is 0 Å². The van der Waals surface area contributed by atoms with Gasteiger partial charge in [-0.05, 0) is 32.6 Å². The molecule has 2 aliphatic carbocycles. The van der Waals surface area contributed by atoms with Crippen LogP contribution >= 0.6 is 0 Å². The number of hydrogen-bond acceptors (Lipinski definition) is 4. The zero-order chi connectivity index (χ0) is 14.0. The molecule has 108 valence electrons. The molecule has 0 aromatic carbocycles. The number of esters is 1. The Hall–Kier alpha value is -0.610. The molecule has 7 atom stereocenters. The molecule has 2 N–H and O–H groups in total. The van der Waals surface area contributed by atoms with E-state index in [-0.39, 0.29) is 35.2 Å². The van der Waals surface area contributed by atoms with Gasteiger partial charge in [-0.15, -0.1) is 0 Å². The molecular formula is C15H24O4. The van der Waals surface area contributed by atoms with E-state index in [0.29, 0.717) is 12.8 Å². The predicted octanol–water partition coefficient (Wildman–Crippen LogP) is 1.49. The minimum atomic E-state index is -0.859. The van der Waals surface area contributed by atoms with Gasteiger partial charge in [0.15, 0.2) is 0 Å². The first kappa shape index (κ1) is 13.4. The number of aliphatic hydroxyl groups is 2. The minimum Gasteiger partial charge on any atom is -0.461 e. The van der Waals surface area contributed by atoms with Crippen LogP contribution in [0.15, 0.2) is 0 Å². The molecule has 0 bridgehead atoms. The quantitative estimate of drug-likeness (QED) is 0.653. The molecule has 3 aliphatic rings. The van der Waals surface area contributed by atoms with E-state index in [9.17, 15) is 15.0 Å². The Balaban J connectivity index is 2.01. The molecule has 4 heteroatoms. The molecule has 0 unspecified atom stereocenters. The molecule has 0 radical (unpaired) electrons. The molecule has 0 spiro atoms. The molecule has 0 aromatic heterocycles. The summed E-state index contributed by atoms with van der Waals surface area (Å²) in [5.41, 5.74) is -1.20. The number of fused-ring (bicyclic) bond motifs is 3. The van der Waals surface area contributed by atoms with Crippen molar-refractivity contribution in [3.05, 3.63) is 0 Å². The second kappa shape index (κ2) is 3.95. The Morgan fingerprint density at radius 1 is 1.26 bits per heavy atom. The van der Waals surface area contributed by atoms with E-state index in [1.54, 1.807) is 0 Å². The van der Waals surface area contributed by atoms with Gasteiger partial charge in [-0.3, -0.25) is 4.79 Å². The van der Waals surface area contributed by atoms with E-state index >= 15 is 0 Å². The number of rotatable bonds is 0. The molecule has 3 rings (SSSR count). The minimum absolute atomic E-state index is 0.0792. The van der Waals surface area contributed by atoms with Gasteiger partial charge in [-0.2, -0.15) is 0 Å². The number of hydrogen-bond donors (Lipinski definition) is 2. The first-order valence-corrected chi connectivity index (χ1v) is 7.38. The topological polar surface area (TPSA) is 66.8 Å². The van der Waals surface area contributed by atoms with Gasteiger partial charge in [-0.25, -0.2) is 0 Å². The molecular weight excluding hydrogens is 244 g/mol. The molecule has 1 heterocycles. The fraction of sp³-hybridized carbons (Fsp3) is 0.933. The van der Waals surface area contributed by atoms with Gasteiger partial charge in [0.25, 0.3) is 0 Å². The van der Waals surface area contributed by atoms with Crippen molar-refractivity contribution in [1.29, 1.82) is 0 Å². The summed E-state index contributed by atoms with van der Waals surface area (Å²) in [6.45, 7) is 5.80. The van der Waals surface area contributed by atoms with Crippen molar-refractivity contribution in [2.45, 2.75) is 64.3 Å². The lowest BCUT2D eigenvalue weighted by atomic mass is 9.51. The highest BCUT2D eigenvalue weighted by atomic mass is 16.6. The second-order valence-corrected chi connectivity index (χ2v) is 7.29. The average Bonchev–Trinajstić information content (AvgIpc) is 2.60. The maximum Gasteiger partial charge on any atom is 0.309 e. The normalized spacial score (nSPS) is 57.3. The van der Waals surface area contributed by atoms with E-state index < -0.39 is 11.7 Å². The van der Waals surface area contributed by atoms with Gasteiger partial charge in [0.2, 0.25) is 0 Å². The van der Waals surface area contributed by atoms with Crippen LogP contribution in [-0.2, 0) is 9.53 Å². The lowest BCUT2D eigenvalue weighted by Gasteiger charge is -2.57. The molecule has 4 nitrogen and oxygen atoms in total. The fourth-order valence-electron chi connectivity index (χ4n) is 4.88. The second-order valence-electron chi connectivity index (χ2n) is 7.29. The maximum atomic E-state index is 11.8. The van der Waals surface area contributed by atoms with Gasteiger partial charge in [0, 0.05) is 17.3 Å². The Bertz CT molecular complexity index is 405. The summed E-state index contributed by atoms with van der Waals surface area (Å²) in [6.07, 6.45) is 2.32. The average molecular weight is 268 g/mol. The lowest BCUT2D eigenvalue weighted by Crippen LogP contribution is -2.62. The van der Waals surface area contributed by atoms with Gasteiger partial charge < -0.3 is 14.9 Å². The number of ether oxygens (including phenoxy) is 1. The first-order chi connectivity index (χ1) is 8.77. The zero-order valence-corrected chi connectivity index (χ0v) is 11.9. The van der Waals surface area contributed by atoms with Gasteiger partial charge >= 0.3 is 5.97 Å². The molecule has 3 fully saturated rings. The van der Waals surface area contributed by atoms with Gasteiger partial charge in [0.05, 0.1) is 17.6 Å². The zero-order valence-electron chi connectivity index (χ0n) is 11.9. The number of carbonyl (C=O) groups is 1. The highest BCUT2D eigenvalue weighted by Gasteiger charge is 2.63. The summed E-state index contributed by atoms with van der Waals surface area (Å²) in [5, 5.41) is 21.2. The summed E-state index contributed by atoms with van der Waals surface area (Å²) in [5.74, 6) is -0.182. The molecule has 1 saturated heterocycles. The summed E-state index contributed by atoms with van der Waals surface area (Å²) >= 11 is 0. The standard InChI is InChI=1S/C15H24O4/c1-8-9-4-6-14(2)10(16)5-7-15(3,18)12(14)11(9)19-13(8)17/h8-12,16,18H,4-7H2,1-3H3/t8-,9+,10-,11-,12-,14+,15+/m1/s1. The summed E-state index contributed by atoms with van der Waals surface area (Å²) < 4.78 is 5.59. The van der Waals surface area contributed by atoms with Gasteiger partial charge in [-0.1, -0.05) is 13.8 Å². The number of aliphatic hydroxyl groups excluding tert-OH is 1. The van der Waals surface area contributed by atoms with Crippen molar-refractivity contribution < 1.29 is 19.7 Å². The monoisotopic (exact) mass is 268 g/mol. The molecule has 2 saturated carbocycles. The Labute approximate surface area is 114 Å². The van der Waals surface area contributed by atoms with Crippen molar-refractivity contribution in [3.8, 4) is 0 Å². The first-order valence-electron chi connectivity index (χ1n) is 7.38. The largest absolute Gasteiger partial charge is 0.461 e. The highest BCUT2D eigenvalue weighted by molar-refractivity contribution is 5.75. The fourth-order valence-corrected chi connectivity index (χ4v) is 4.88. The van der Waals surface area contributed by atoms with Crippen molar-refractivity contribution >= 4 is 5.97 Å². The van der Waals surface area contributed by atoms with Crippen molar-refractivity contribution in [3.63, 3.8) is 0 Å². The molecule has 1 aliphatic heterocycles. The van der Waals surface area contributed by atoms with Crippen LogP contribution in [0.2, 0.25) is 0 Å². The Morgan fingerprint density at radius 3 is 2.63 bits per heavy atom. The van der Waals surface area contributed by atoms with E-state index in [0.717, 1.165) is 12.8 Å².